The lowest BCUT2D eigenvalue weighted by molar-refractivity contribution is -0.137. The maximum atomic E-state index is 10.6. The smallest absolute Gasteiger partial charge is 0.330 e. The minimum atomic E-state index is -0.329. The summed E-state index contributed by atoms with van der Waals surface area (Å²) in [4.78, 5) is 10.6. The van der Waals surface area contributed by atoms with Crippen LogP contribution in [-0.2, 0) is 9.53 Å². The standard InChI is InChI=1S/C11H19O2/c1-4-10(3)8-6-7-9-13-11(12)5-2/h5,10H,1-2,4,6-9H2,3H3. The minimum absolute atomic E-state index is 0.329. The zero-order valence-corrected chi connectivity index (χ0v) is 8.42. The van der Waals surface area contributed by atoms with Crippen molar-refractivity contribution in [3.63, 3.8) is 0 Å². The lowest BCUT2D eigenvalue weighted by Gasteiger charge is -2.07. The molecule has 0 aliphatic rings. The number of esters is 1. The van der Waals surface area contributed by atoms with Gasteiger partial charge in [0.2, 0.25) is 0 Å². The van der Waals surface area contributed by atoms with Crippen LogP contribution >= 0.6 is 0 Å². The van der Waals surface area contributed by atoms with E-state index in [2.05, 4.69) is 20.4 Å². The van der Waals surface area contributed by atoms with Crippen LogP contribution in [0.1, 0.15) is 32.6 Å². The highest BCUT2D eigenvalue weighted by Gasteiger charge is 1.99. The summed E-state index contributed by atoms with van der Waals surface area (Å²) < 4.78 is 4.83. The van der Waals surface area contributed by atoms with Crippen molar-refractivity contribution in [2.24, 2.45) is 5.92 Å². The van der Waals surface area contributed by atoms with Crippen molar-refractivity contribution in [2.75, 3.05) is 6.61 Å². The summed E-state index contributed by atoms with van der Waals surface area (Å²) in [7, 11) is 0. The quantitative estimate of drug-likeness (QED) is 0.344. The summed E-state index contributed by atoms with van der Waals surface area (Å²) in [5.74, 6) is 0.348. The molecule has 0 aliphatic heterocycles. The zero-order valence-electron chi connectivity index (χ0n) is 8.42. The fourth-order valence-corrected chi connectivity index (χ4v) is 0.971. The van der Waals surface area contributed by atoms with Crippen LogP contribution in [0.3, 0.4) is 0 Å². The Balaban J connectivity index is 3.17. The Morgan fingerprint density at radius 2 is 2.23 bits per heavy atom. The Morgan fingerprint density at radius 1 is 1.54 bits per heavy atom. The first-order chi connectivity index (χ1) is 6.20. The Kier molecular flexibility index (Phi) is 7.36. The Hall–Kier alpha value is -0.790. The molecule has 0 heterocycles. The summed E-state index contributed by atoms with van der Waals surface area (Å²) in [6.45, 7) is 9.84. The summed E-state index contributed by atoms with van der Waals surface area (Å²) in [5, 5.41) is 0. The first kappa shape index (κ1) is 12.2. The molecule has 1 radical (unpaired) electrons. The van der Waals surface area contributed by atoms with Crippen LogP contribution in [0.4, 0.5) is 0 Å². The van der Waals surface area contributed by atoms with Crippen molar-refractivity contribution in [3.8, 4) is 0 Å². The summed E-state index contributed by atoms with van der Waals surface area (Å²) >= 11 is 0. The molecule has 0 N–H and O–H groups in total. The number of rotatable bonds is 7. The Bertz CT molecular complexity index is 152. The van der Waals surface area contributed by atoms with E-state index in [1.165, 1.54) is 6.08 Å². The molecule has 2 nitrogen and oxygen atoms in total. The van der Waals surface area contributed by atoms with Gasteiger partial charge in [0.05, 0.1) is 6.61 Å². The van der Waals surface area contributed by atoms with Gasteiger partial charge in [0.25, 0.3) is 0 Å². The van der Waals surface area contributed by atoms with E-state index in [0.29, 0.717) is 12.5 Å². The molecule has 0 spiro atoms. The molecule has 0 fully saturated rings. The van der Waals surface area contributed by atoms with Gasteiger partial charge >= 0.3 is 5.97 Å². The number of hydrogen-bond acceptors (Lipinski definition) is 2. The van der Waals surface area contributed by atoms with E-state index in [1.807, 2.05) is 0 Å². The van der Waals surface area contributed by atoms with E-state index in [4.69, 9.17) is 4.74 Å². The molecule has 0 saturated carbocycles. The summed E-state index contributed by atoms with van der Waals surface area (Å²) in [6, 6.07) is 0. The Labute approximate surface area is 81.0 Å². The minimum Gasteiger partial charge on any atom is -0.463 e. The Morgan fingerprint density at radius 3 is 2.77 bits per heavy atom. The molecule has 2 heteroatoms. The second-order valence-electron chi connectivity index (χ2n) is 3.26. The van der Waals surface area contributed by atoms with Gasteiger partial charge in [-0.05, 0) is 18.8 Å². The summed E-state index contributed by atoms with van der Waals surface area (Å²) in [6.07, 6.45) is 5.37. The van der Waals surface area contributed by atoms with Crippen molar-refractivity contribution >= 4 is 5.97 Å². The summed E-state index contributed by atoms with van der Waals surface area (Å²) in [5.41, 5.74) is 0. The molecule has 0 aromatic rings. The molecule has 0 rings (SSSR count). The normalized spacial score (nSPS) is 12.2. The number of ether oxygens (including phenoxy) is 1. The number of carbonyl (C=O) groups is 1. The fraction of sp³-hybridized carbons (Fsp3) is 0.636. The molecule has 0 saturated heterocycles. The fourth-order valence-electron chi connectivity index (χ4n) is 0.971. The van der Waals surface area contributed by atoms with Crippen LogP contribution in [-0.4, -0.2) is 12.6 Å². The van der Waals surface area contributed by atoms with Crippen molar-refractivity contribution in [2.45, 2.75) is 32.6 Å². The van der Waals surface area contributed by atoms with Gasteiger partial charge in [-0.25, -0.2) is 4.79 Å². The molecule has 75 valence electrons. The van der Waals surface area contributed by atoms with Gasteiger partial charge in [0.15, 0.2) is 0 Å². The number of hydrogen-bond donors (Lipinski definition) is 0. The second-order valence-corrected chi connectivity index (χ2v) is 3.26. The lowest BCUT2D eigenvalue weighted by Crippen LogP contribution is -2.02. The average Bonchev–Trinajstić information content (AvgIpc) is 2.16. The first-order valence-electron chi connectivity index (χ1n) is 4.79. The van der Waals surface area contributed by atoms with E-state index in [9.17, 15) is 4.79 Å². The molecule has 0 aliphatic carbocycles. The SMILES string of the molecule is [CH2]CC(C)CCCCOC(=O)C=C. The van der Waals surface area contributed by atoms with Crippen LogP contribution in [0, 0.1) is 12.8 Å². The van der Waals surface area contributed by atoms with Crippen LogP contribution in [0.25, 0.3) is 0 Å². The van der Waals surface area contributed by atoms with Crippen LogP contribution < -0.4 is 0 Å². The molecule has 0 aromatic carbocycles. The van der Waals surface area contributed by atoms with Crippen molar-refractivity contribution in [1.82, 2.24) is 0 Å². The van der Waals surface area contributed by atoms with E-state index < -0.39 is 0 Å². The molecule has 0 bridgehead atoms. The molecule has 1 unspecified atom stereocenters. The molecule has 1 atom stereocenters. The van der Waals surface area contributed by atoms with Crippen LogP contribution in [0.2, 0.25) is 0 Å². The third-order valence-electron chi connectivity index (χ3n) is 2.00. The third-order valence-corrected chi connectivity index (χ3v) is 2.00. The first-order valence-corrected chi connectivity index (χ1v) is 4.79. The topological polar surface area (TPSA) is 26.3 Å². The van der Waals surface area contributed by atoms with Crippen molar-refractivity contribution in [1.29, 1.82) is 0 Å². The third kappa shape index (κ3) is 7.57. The molecule has 0 aromatic heterocycles. The average molecular weight is 183 g/mol. The van der Waals surface area contributed by atoms with Crippen LogP contribution in [0.5, 0.6) is 0 Å². The zero-order chi connectivity index (χ0) is 10.1. The maximum Gasteiger partial charge on any atom is 0.330 e. The lowest BCUT2D eigenvalue weighted by atomic mass is 10.0. The van der Waals surface area contributed by atoms with Gasteiger partial charge < -0.3 is 4.74 Å². The number of carbonyl (C=O) groups excluding carboxylic acids is 1. The molecular formula is C11H19O2. The van der Waals surface area contributed by atoms with Gasteiger partial charge in [-0.15, -0.1) is 0 Å². The monoisotopic (exact) mass is 183 g/mol. The van der Waals surface area contributed by atoms with Gasteiger partial charge in [0, 0.05) is 6.08 Å². The maximum absolute atomic E-state index is 10.6. The number of unbranched alkanes of at least 4 members (excludes halogenated alkanes) is 1. The van der Waals surface area contributed by atoms with E-state index >= 15 is 0 Å². The van der Waals surface area contributed by atoms with Gasteiger partial charge in [-0.3, -0.25) is 0 Å². The van der Waals surface area contributed by atoms with Crippen LogP contribution in [0.15, 0.2) is 12.7 Å². The highest BCUT2D eigenvalue weighted by atomic mass is 16.5. The predicted octanol–water partition coefficient (Wildman–Crippen LogP) is 2.75. The van der Waals surface area contributed by atoms with Crippen molar-refractivity contribution < 1.29 is 9.53 Å². The second kappa shape index (κ2) is 7.84. The predicted molar refractivity (Wildman–Crippen MR) is 54.1 cm³/mol. The molecule has 13 heavy (non-hydrogen) atoms. The van der Waals surface area contributed by atoms with E-state index in [0.717, 1.165) is 25.7 Å². The largest absolute Gasteiger partial charge is 0.463 e. The van der Waals surface area contributed by atoms with E-state index in [1.54, 1.807) is 0 Å². The van der Waals surface area contributed by atoms with Gasteiger partial charge in [-0.2, -0.15) is 0 Å². The van der Waals surface area contributed by atoms with Gasteiger partial charge in [0.1, 0.15) is 0 Å². The molecular weight excluding hydrogens is 164 g/mol. The molecule has 0 amide bonds. The van der Waals surface area contributed by atoms with E-state index in [-0.39, 0.29) is 5.97 Å². The van der Waals surface area contributed by atoms with Crippen molar-refractivity contribution in [3.05, 3.63) is 19.6 Å². The highest BCUT2D eigenvalue weighted by molar-refractivity contribution is 5.81. The van der Waals surface area contributed by atoms with Gasteiger partial charge in [-0.1, -0.05) is 33.3 Å². The highest BCUT2D eigenvalue weighted by Crippen LogP contribution is 2.10.